The number of nitrogens with zero attached hydrogens (tertiary/aromatic N) is 2. The summed E-state index contributed by atoms with van der Waals surface area (Å²) in [4.78, 5) is 11.6. The molecule has 1 aliphatic rings. The lowest BCUT2D eigenvalue weighted by Gasteiger charge is -2.26. The first kappa shape index (κ1) is 13.0. The van der Waals surface area contributed by atoms with E-state index in [4.69, 9.17) is 4.74 Å². The highest BCUT2D eigenvalue weighted by atomic mass is 16.6. The highest BCUT2D eigenvalue weighted by molar-refractivity contribution is 5.91. The summed E-state index contributed by atoms with van der Waals surface area (Å²) < 4.78 is 10.1. The van der Waals surface area contributed by atoms with Gasteiger partial charge in [0.05, 0.1) is 6.10 Å². The molecule has 0 unspecified atom stereocenters. The predicted octanol–water partition coefficient (Wildman–Crippen LogP) is 1.91. The number of nitrogens with one attached hydrogen (secondary N) is 1. The number of aromatic nitrogens is 2. The van der Waals surface area contributed by atoms with E-state index in [1.54, 1.807) is 6.92 Å². The second-order valence-electron chi connectivity index (χ2n) is 4.95. The summed E-state index contributed by atoms with van der Waals surface area (Å²) in [7, 11) is 0. The van der Waals surface area contributed by atoms with E-state index in [2.05, 4.69) is 27.2 Å². The van der Waals surface area contributed by atoms with Crippen molar-refractivity contribution in [2.24, 2.45) is 5.92 Å². The zero-order valence-electron chi connectivity index (χ0n) is 10.8. The van der Waals surface area contributed by atoms with Crippen molar-refractivity contribution in [3.63, 3.8) is 0 Å². The van der Waals surface area contributed by atoms with Gasteiger partial charge in [0.15, 0.2) is 5.82 Å². The highest BCUT2D eigenvalue weighted by Gasteiger charge is 2.20. The second kappa shape index (κ2) is 5.95. The lowest BCUT2D eigenvalue weighted by molar-refractivity contribution is -0.123. The molecule has 1 aliphatic carbocycles. The first-order valence-corrected chi connectivity index (χ1v) is 6.35. The number of aryl methyl sites for hydroxylation is 1. The minimum absolute atomic E-state index is 0.0592. The standard InChI is InChI=1S/C12H19N3O3/c1-8-4-3-5-10(6-8)17-7-11(16)13-12-9(2)14-18-15-12/h8,10H,3-7H2,1-2H3,(H,13,15,16)/t8-,10+/m0/s1. The van der Waals surface area contributed by atoms with Crippen LogP contribution in [0.4, 0.5) is 5.82 Å². The Kier molecular flexibility index (Phi) is 4.30. The van der Waals surface area contributed by atoms with E-state index >= 15 is 0 Å². The average molecular weight is 253 g/mol. The normalized spacial score (nSPS) is 23.9. The number of hydrogen-bond donors (Lipinski definition) is 1. The molecule has 2 rings (SSSR count). The molecule has 1 aromatic heterocycles. The molecule has 1 saturated carbocycles. The van der Waals surface area contributed by atoms with Gasteiger partial charge in [0.2, 0.25) is 0 Å². The molecule has 1 aromatic rings. The van der Waals surface area contributed by atoms with Crippen molar-refractivity contribution in [3.05, 3.63) is 5.69 Å². The third kappa shape index (κ3) is 3.53. The predicted molar refractivity (Wildman–Crippen MR) is 65.0 cm³/mol. The molecule has 6 nitrogen and oxygen atoms in total. The molecule has 0 spiro atoms. The Morgan fingerprint density at radius 2 is 2.33 bits per heavy atom. The summed E-state index contributed by atoms with van der Waals surface area (Å²) in [6, 6.07) is 0. The highest BCUT2D eigenvalue weighted by Crippen LogP contribution is 2.25. The van der Waals surface area contributed by atoms with E-state index in [1.165, 1.54) is 12.8 Å². The maximum atomic E-state index is 11.6. The quantitative estimate of drug-likeness (QED) is 0.886. The summed E-state index contributed by atoms with van der Waals surface area (Å²) in [5.41, 5.74) is 0.564. The van der Waals surface area contributed by atoms with Crippen LogP contribution in [0, 0.1) is 12.8 Å². The van der Waals surface area contributed by atoms with Crippen LogP contribution in [0.2, 0.25) is 0 Å². The van der Waals surface area contributed by atoms with E-state index < -0.39 is 0 Å². The van der Waals surface area contributed by atoms with Gasteiger partial charge >= 0.3 is 0 Å². The molecular formula is C12H19N3O3. The number of ether oxygens (including phenoxy) is 1. The summed E-state index contributed by atoms with van der Waals surface area (Å²) in [5, 5.41) is 9.79. The molecule has 6 heteroatoms. The smallest absolute Gasteiger partial charge is 0.251 e. The minimum Gasteiger partial charge on any atom is -0.368 e. The summed E-state index contributed by atoms with van der Waals surface area (Å²) in [5.74, 6) is 0.835. The molecular weight excluding hydrogens is 234 g/mol. The molecule has 1 N–H and O–H groups in total. The maximum Gasteiger partial charge on any atom is 0.251 e. The van der Waals surface area contributed by atoms with Gasteiger partial charge in [0, 0.05) is 0 Å². The molecule has 0 aliphatic heterocycles. The van der Waals surface area contributed by atoms with Gasteiger partial charge in [0.1, 0.15) is 12.3 Å². The Labute approximate surface area is 106 Å². The third-order valence-electron chi connectivity index (χ3n) is 3.25. The molecule has 0 radical (unpaired) electrons. The van der Waals surface area contributed by atoms with Crippen molar-refractivity contribution in [2.45, 2.75) is 45.6 Å². The minimum atomic E-state index is -0.216. The van der Waals surface area contributed by atoms with E-state index in [9.17, 15) is 4.79 Å². The van der Waals surface area contributed by atoms with E-state index in [0.29, 0.717) is 17.4 Å². The summed E-state index contributed by atoms with van der Waals surface area (Å²) in [6.45, 7) is 4.00. The van der Waals surface area contributed by atoms with Crippen LogP contribution in [0.1, 0.15) is 38.3 Å². The molecule has 2 atom stereocenters. The van der Waals surface area contributed by atoms with Gasteiger partial charge in [0.25, 0.3) is 5.91 Å². The van der Waals surface area contributed by atoms with Crippen LogP contribution in [0.25, 0.3) is 0 Å². The fourth-order valence-corrected chi connectivity index (χ4v) is 2.24. The van der Waals surface area contributed by atoms with Crippen molar-refractivity contribution >= 4 is 11.7 Å². The molecule has 1 fully saturated rings. The number of carbonyl (C=O) groups is 1. The number of rotatable bonds is 4. The monoisotopic (exact) mass is 253 g/mol. The fraction of sp³-hybridized carbons (Fsp3) is 0.750. The van der Waals surface area contributed by atoms with Crippen LogP contribution < -0.4 is 5.32 Å². The van der Waals surface area contributed by atoms with Crippen LogP contribution in [0.5, 0.6) is 0 Å². The number of anilines is 1. The Morgan fingerprint density at radius 3 is 3.00 bits per heavy atom. The molecule has 18 heavy (non-hydrogen) atoms. The van der Waals surface area contributed by atoms with Gasteiger partial charge in [-0.05, 0) is 30.8 Å². The zero-order chi connectivity index (χ0) is 13.0. The van der Waals surface area contributed by atoms with Crippen LogP contribution in [-0.4, -0.2) is 28.9 Å². The molecule has 0 saturated heterocycles. The SMILES string of the molecule is Cc1nonc1NC(=O)CO[C@@H]1CCC[C@H](C)C1. The lowest BCUT2D eigenvalue weighted by atomic mass is 9.89. The number of carbonyl (C=O) groups excluding carboxylic acids is 1. The van der Waals surface area contributed by atoms with Gasteiger partial charge in [-0.2, -0.15) is 0 Å². The average Bonchev–Trinajstić information content (AvgIpc) is 2.73. The van der Waals surface area contributed by atoms with Gasteiger partial charge in [-0.3, -0.25) is 4.79 Å². The van der Waals surface area contributed by atoms with Crippen molar-refractivity contribution < 1.29 is 14.2 Å². The Morgan fingerprint density at radius 1 is 1.50 bits per heavy atom. The van der Waals surface area contributed by atoms with E-state index in [0.717, 1.165) is 12.8 Å². The van der Waals surface area contributed by atoms with Crippen molar-refractivity contribution in [3.8, 4) is 0 Å². The van der Waals surface area contributed by atoms with Gasteiger partial charge in [-0.1, -0.05) is 24.9 Å². The Bertz CT molecular complexity index is 405. The molecule has 0 bridgehead atoms. The third-order valence-corrected chi connectivity index (χ3v) is 3.25. The molecule has 100 valence electrons. The van der Waals surface area contributed by atoms with Crippen molar-refractivity contribution in [2.75, 3.05) is 11.9 Å². The van der Waals surface area contributed by atoms with Crippen LogP contribution in [0.15, 0.2) is 4.63 Å². The molecule has 1 amide bonds. The largest absolute Gasteiger partial charge is 0.368 e. The van der Waals surface area contributed by atoms with Crippen LogP contribution in [0.3, 0.4) is 0 Å². The maximum absolute atomic E-state index is 11.6. The second-order valence-corrected chi connectivity index (χ2v) is 4.95. The van der Waals surface area contributed by atoms with Gasteiger partial charge < -0.3 is 10.1 Å². The fourth-order valence-electron chi connectivity index (χ4n) is 2.24. The van der Waals surface area contributed by atoms with Crippen molar-refractivity contribution in [1.82, 2.24) is 10.3 Å². The topological polar surface area (TPSA) is 77.3 Å². The lowest BCUT2D eigenvalue weighted by Crippen LogP contribution is -2.27. The molecule has 0 aromatic carbocycles. The van der Waals surface area contributed by atoms with E-state index in [-0.39, 0.29) is 18.6 Å². The zero-order valence-corrected chi connectivity index (χ0v) is 10.8. The molecule has 1 heterocycles. The summed E-state index contributed by atoms with van der Waals surface area (Å²) in [6.07, 6.45) is 4.73. The van der Waals surface area contributed by atoms with E-state index in [1.807, 2.05) is 0 Å². The van der Waals surface area contributed by atoms with Crippen LogP contribution in [-0.2, 0) is 9.53 Å². The number of hydrogen-bond acceptors (Lipinski definition) is 5. The Balaban J connectivity index is 1.73. The first-order chi connectivity index (χ1) is 8.65. The first-order valence-electron chi connectivity index (χ1n) is 6.35. The summed E-state index contributed by atoms with van der Waals surface area (Å²) >= 11 is 0. The van der Waals surface area contributed by atoms with Gasteiger partial charge in [-0.25, -0.2) is 4.63 Å². The van der Waals surface area contributed by atoms with Crippen LogP contribution >= 0.6 is 0 Å². The Hall–Kier alpha value is -1.43. The van der Waals surface area contributed by atoms with Crippen molar-refractivity contribution in [1.29, 1.82) is 0 Å². The van der Waals surface area contributed by atoms with Gasteiger partial charge in [-0.15, -0.1) is 0 Å². The number of amides is 1.